The molecule has 0 saturated carbocycles. The molecule has 1 aliphatic heterocycles. The quantitative estimate of drug-likeness (QED) is 0.881. The number of aryl methyl sites for hydroxylation is 1. The molecule has 0 radical (unpaired) electrons. The Morgan fingerprint density at radius 1 is 1.60 bits per heavy atom. The number of nitrogens with two attached hydrogens (primary N) is 1. The van der Waals surface area contributed by atoms with E-state index in [0.29, 0.717) is 5.92 Å². The van der Waals surface area contributed by atoms with E-state index in [0.717, 1.165) is 42.0 Å². The summed E-state index contributed by atoms with van der Waals surface area (Å²) >= 11 is 3.53. The van der Waals surface area contributed by atoms with Gasteiger partial charge in [0.05, 0.1) is 10.2 Å². The third kappa shape index (κ3) is 2.13. The number of rotatable bonds is 2. The third-order valence-corrected chi connectivity index (χ3v) is 3.79. The molecule has 0 amide bonds. The number of halogens is 1. The van der Waals surface area contributed by atoms with Crippen LogP contribution in [0.5, 0.6) is 0 Å². The summed E-state index contributed by atoms with van der Waals surface area (Å²) in [5.74, 6) is 1.60. The molecule has 4 nitrogen and oxygen atoms in total. The Balaban J connectivity index is 2.20. The molecule has 1 atom stereocenters. The zero-order valence-electron chi connectivity index (χ0n) is 8.78. The van der Waals surface area contributed by atoms with Crippen molar-refractivity contribution in [3.05, 3.63) is 16.5 Å². The highest BCUT2D eigenvalue weighted by atomic mass is 79.9. The summed E-state index contributed by atoms with van der Waals surface area (Å²) in [6.07, 6.45) is 2.77. The average Bonchev–Trinajstić information content (AvgIpc) is 2.70. The van der Waals surface area contributed by atoms with Crippen LogP contribution in [0.3, 0.4) is 0 Å². The third-order valence-electron chi connectivity index (χ3n) is 2.86. The Bertz CT molecular complexity index is 355. The highest BCUT2D eigenvalue weighted by Gasteiger charge is 2.24. The zero-order valence-corrected chi connectivity index (χ0v) is 10.4. The molecule has 2 heterocycles. The largest absolute Gasteiger partial charge is 0.355 e. The fraction of sp³-hybridized carbons (Fsp3) is 0.600. The molecular formula is C10H15BrN4. The van der Waals surface area contributed by atoms with Gasteiger partial charge in [0.25, 0.3) is 0 Å². The van der Waals surface area contributed by atoms with E-state index >= 15 is 0 Å². The molecule has 1 saturated heterocycles. The molecule has 1 fully saturated rings. The van der Waals surface area contributed by atoms with Crippen molar-refractivity contribution in [1.82, 2.24) is 9.97 Å². The van der Waals surface area contributed by atoms with Crippen molar-refractivity contribution in [1.29, 1.82) is 0 Å². The molecule has 2 N–H and O–H groups in total. The molecule has 1 aromatic rings. The Kier molecular flexibility index (Phi) is 3.21. The van der Waals surface area contributed by atoms with Gasteiger partial charge in [-0.2, -0.15) is 0 Å². The van der Waals surface area contributed by atoms with Gasteiger partial charge in [-0.15, -0.1) is 0 Å². The smallest absolute Gasteiger partial charge is 0.146 e. The lowest BCUT2D eigenvalue weighted by Gasteiger charge is -2.18. The lowest BCUT2D eigenvalue weighted by Crippen LogP contribution is -2.24. The number of nitrogens with zero attached hydrogens (tertiary/aromatic N) is 3. The van der Waals surface area contributed by atoms with Gasteiger partial charge >= 0.3 is 0 Å². The van der Waals surface area contributed by atoms with E-state index in [2.05, 4.69) is 30.8 Å². The van der Waals surface area contributed by atoms with Crippen molar-refractivity contribution in [3.8, 4) is 0 Å². The number of aromatic nitrogens is 2. The molecule has 15 heavy (non-hydrogen) atoms. The molecule has 0 spiro atoms. The molecule has 5 heteroatoms. The van der Waals surface area contributed by atoms with Crippen LogP contribution in [0.1, 0.15) is 12.1 Å². The minimum absolute atomic E-state index is 0.604. The molecule has 1 aromatic heterocycles. The van der Waals surface area contributed by atoms with Gasteiger partial charge in [-0.3, -0.25) is 0 Å². The first-order chi connectivity index (χ1) is 7.22. The summed E-state index contributed by atoms with van der Waals surface area (Å²) in [5, 5.41) is 0. The Morgan fingerprint density at radius 2 is 2.40 bits per heavy atom. The molecule has 0 aromatic carbocycles. The van der Waals surface area contributed by atoms with Crippen molar-refractivity contribution >= 4 is 21.7 Å². The van der Waals surface area contributed by atoms with Crippen molar-refractivity contribution in [2.45, 2.75) is 13.3 Å². The fourth-order valence-corrected chi connectivity index (χ4v) is 2.34. The topological polar surface area (TPSA) is 55.0 Å². The van der Waals surface area contributed by atoms with Crippen LogP contribution in [0.2, 0.25) is 0 Å². The van der Waals surface area contributed by atoms with Gasteiger partial charge in [-0.05, 0) is 41.7 Å². The Hall–Kier alpha value is -0.680. The van der Waals surface area contributed by atoms with E-state index in [1.165, 1.54) is 0 Å². The lowest BCUT2D eigenvalue weighted by molar-refractivity contribution is 0.602. The SMILES string of the molecule is Cc1ncnc(N2CCC(CN)C2)c1Br. The molecule has 82 valence electrons. The van der Waals surface area contributed by atoms with Crippen LogP contribution < -0.4 is 10.6 Å². The molecule has 1 unspecified atom stereocenters. The van der Waals surface area contributed by atoms with Crippen LogP contribution in [-0.4, -0.2) is 29.6 Å². The molecule has 1 aliphatic rings. The summed E-state index contributed by atoms with van der Waals surface area (Å²) < 4.78 is 1.00. The van der Waals surface area contributed by atoms with Crippen LogP contribution in [0.4, 0.5) is 5.82 Å². The highest BCUT2D eigenvalue weighted by Crippen LogP contribution is 2.29. The second-order valence-corrected chi connectivity index (χ2v) is 4.73. The van der Waals surface area contributed by atoms with Gasteiger partial charge in [-0.1, -0.05) is 0 Å². The predicted octanol–water partition coefficient (Wildman–Crippen LogP) is 1.33. The summed E-state index contributed by atoms with van der Waals surface area (Å²) in [4.78, 5) is 10.7. The van der Waals surface area contributed by atoms with E-state index < -0.39 is 0 Å². The van der Waals surface area contributed by atoms with E-state index in [1.807, 2.05) is 6.92 Å². The Morgan fingerprint density at radius 3 is 3.07 bits per heavy atom. The van der Waals surface area contributed by atoms with Gasteiger partial charge in [-0.25, -0.2) is 9.97 Å². The minimum Gasteiger partial charge on any atom is -0.355 e. The van der Waals surface area contributed by atoms with Crippen LogP contribution in [0.25, 0.3) is 0 Å². The minimum atomic E-state index is 0.604. The van der Waals surface area contributed by atoms with E-state index in [-0.39, 0.29) is 0 Å². The van der Waals surface area contributed by atoms with Crippen LogP contribution in [0.15, 0.2) is 10.8 Å². The normalized spacial score (nSPS) is 21.0. The van der Waals surface area contributed by atoms with Crippen molar-refractivity contribution < 1.29 is 0 Å². The standard InChI is InChI=1S/C10H15BrN4/c1-7-9(11)10(14-6-13-7)15-3-2-8(4-12)5-15/h6,8H,2-5,12H2,1H3. The van der Waals surface area contributed by atoms with Crippen molar-refractivity contribution in [2.24, 2.45) is 11.7 Å². The second kappa shape index (κ2) is 4.45. The number of hydrogen-bond acceptors (Lipinski definition) is 4. The van der Waals surface area contributed by atoms with E-state index in [1.54, 1.807) is 6.33 Å². The summed E-state index contributed by atoms with van der Waals surface area (Å²) in [6.45, 7) is 4.78. The Labute approximate surface area is 98.0 Å². The van der Waals surface area contributed by atoms with Gasteiger partial charge in [0.15, 0.2) is 0 Å². The lowest BCUT2D eigenvalue weighted by atomic mass is 10.1. The maximum absolute atomic E-state index is 5.67. The summed E-state index contributed by atoms with van der Waals surface area (Å²) in [5.41, 5.74) is 6.65. The fourth-order valence-electron chi connectivity index (χ4n) is 1.88. The van der Waals surface area contributed by atoms with Crippen LogP contribution >= 0.6 is 15.9 Å². The maximum atomic E-state index is 5.67. The van der Waals surface area contributed by atoms with Gasteiger partial charge in [0.1, 0.15) is 12.1 Å². The van der Waals surface area contributed by atoms with E-state index in [9.17, 15) is 0 Å². The first-order valence-electron chi connectivity index (χ1n) is 5.14. The number of anilines is 1. The number of hydrogen-bond donors (Lipinski definition) is 1. The first kappa shape index (κ1) is 10.8. The maximum Gasteiger partial charge on any atom is 0.146 e. The molecular weight excluding hydrogens is 256 g/mol. The van der Waals surface area contributed by atoms with Gasteiger partial charge in [0.2, 0.25) is 0 Å². The summed E-state index contributed by atoms with van der Waals surface area (Å²) in [7, 11) is 0. The van der Waals surface area contributed by atoms with Crippen LogP contribution in [0, 0.1) is 12.8 Å². The monoisotopic (exact) mass is 270 g/mol. The van der Waals surface area contributed by atoms with Gasteiger partial charge in [0, 0.05) is 13.1 Å². The predicted molar refractivity (Wildman–Crippen MR) is 63.8 cm³/mol. The van der Waals surface area contributed by atoms with Crippen molar-refractivity contribution in [3.63, 3.8) is 0 Å². The summed E-state index contributed by atoms with van der Waals surface area (Å²) in [6, 6.07) is 0. The van der Waals surface area contributed by atoms with E-state index in [4.69, 9.17) is 5.73 Å². The average molecular weight is 271 g/mol. The molecule has 0 bridgehead atoms. The second-order valence-electron chi connectivity index (χ2n) is 3.93. The first-order valence-corrected chi connectivity index (χ1v) is 5.93. The molecule has 2 rings (SSSR count). The zero-order chi connectivity index (χ0) is 10.8. The van der Waals surface area contributed by atoms with Crippen LogP contribution in [-0.2, 0) is 0 Å². The van der Waals surface area contributed by atoms with Gasteiger partial charge < -0.3 is 10.6 Å². The highest BCUT2D eigenvalue weighted by molar-refractivity contribution is 9.10. The molecule has 0 aliphatic carbocycles. The van der Waals surface area contributed by atoms with Crippen molar-refractivity contribution in [2.75, 3.05) is 24.5 Å².